The highest BCUT2D eigenvalue weighted by Gasteiger charge is 2.34. The molecule has 1 saturated heterocycles. The molecule has 7 heteroatoms. The van der Waals surface area contributed by atoms with Gasteiger partial charge in [-0.15, -0.1) is 0 Å². The van der Waals surface area contributed by atoms with Gasteiger partial charge in [0.2, 0.25) is 18.5 Å². The third-order valence-electron chi connectivity index (χ3n) is 6.50. The molecule has 2 aliphatic rings. The summed E-state index contributed by atoms with van der Waals surface area (Å²) in [4.78, 5) is 30.3. The Morgan fingerprint density at radius 3 is 2.71 bits per heavy atom. The second-order valence-electron chi connectivity index (χ2n) is 8.32. The number of aromatic amines is 1. The highest BCUT2D eigenvalue weighted by atomic mass is 16.7. The van der Waals surface area contributed by atoms with Crippen molar-refractivity contribution in [1.82, 2.24) is 4.98 Å². The molecule has 3 aromatic rings. The van der Waals surface area contributed by atoms with Crippen LogP contribution in [0.1, 0.15) is 30.1 Å². The molecular formula is C24H26N3O4+. The number of H-pyrrole nitrogens is 1. The van der Waals surface area contributed by atoms with Crippen LogP contribution in [0.25, 0.3) is 10.9 Å². The smallest absolute Gasteiger partial charge is 0.231 e. The molecule has 31 heavy (non-hydrogen) atoms. The number of carbonyl (C=O) groups is 2. The maximum atomic E-state index is 13.1. The number of Topliss-reactive ketones (excluding diaryl/α,β-unsaturated/α-hetero) is 1. The third kappa shape index (κ3) is 3.77. The number of aromatic nitrogens is 1. The molecule has 5 rings (SSSR count). The molecule has 0 bridgehead atoms. The topological polar surface area (TPSA) is 84.9 Å². The first-order chi connectivity index (χ1) is 15.1. The fraction of sp³-hybridized carbons (Fsp3) is 0.333. The molecule has 2 aromatic carbocycles. The number of rotatable bonds is 5. The van der Waals surface area contributed by atoms with Crippen LogP contribution in [-0.4, -0.2) is 42.6 Å². The van der Waals surface area contributed by atoms with Crippen LogP contribution in [0, 0.1) is 5.92 Å². The minimum Gasteiger partial charge on any atom is -0.454 e. The second kappa shape index (κ2) is 8.07. The molecule has 3 N–H and O–H groups in total. The molecule has 3 heterocycles. The van der Waals surface area contributed by atoms with Crippen LogP contribution in [0.4, 0.5) is 5.69 Å². The average molecular weight is 420 g/mol. The van der Waals surface area contributed by atoms with E-state index in [4.69, 9.17) is 9.47 Å². The standard InChI is InChI=1S/C24H25N3O4/c1-15(23(28)19-13-25-20-5-3-2-4-18(19)20)27-10-8-16(9-11-27)24(29)26-17-6-7-21-22(12-17)31-14-30-21/h2-7,12-13,15-16,25H,8-11,14H2,1H3,(H,26,29)/p+1/t15-/m0/s1. The largest absolute Gasteiger partial charge is 0.454 e. The molecule has 0 saturated carbocycles. The summed E-state index contributed by atoms with van der Waals surface area (Å²) in [6, 6.07) is 13.2. The summed E-state index contributed by atoms with van der Waals surface area (Å²) in [6.07, 6.45) is 3.34. The van der Waals surface area contributed by atoms with E-state index in [-0.39, 0.29) is 30.4 Å². The Balaban J connectivity index is 1.19. The highest BCUT2D eigenvalue weighted by Crippen LogP contribution is 2.34. The molecule has 1 fully saturated rings. The number of benzene rings is 2. The van der Waals surface area contributed by atoms with E-state index in [1.54, 1.807) is 6.07 Å². The SMILES string of the molecule is C[C@@H](C(=O)c1c[nH]c2ccccc12)[NH+]1CCC(C(=O)Nc2ccc3c(c2)OCO3)CC1. The first kappa shape index (κ1) is 19.6. The summed E-state index contributed by atoms with van der Waals surface area (Å²) >= 11 is 0. The fourth-order valence-electron chi connectivity index (χ4n) is 4.60. The zero-order chi connectivity index (χ0) is 21.4. The summed E-state index contributed by atoms with van der Waals surface area (Å²) in [5.41, 5.74) is 2.44. The van der Waals surface area contributed by atoms with Crippen molar-refractivity contribution in [2.45, 2.75) is 25.8 Å². The van der Waals surface area contributed by atoms with Gasteiger partial charge >= 0.3 is 0 Å². The Morgan fingerprint density at radius 1 is 1.10 bits per heavy atom. The summed E-state index contributed by atoms with van der Waals surface area (Å²) in [7, 11) is 0. The number of para-hydroxylation sites is 1. The van der Waals surface area contributed by atoms with Gasteiger partial charge in [-0.1, -0.05) is 18.2 Å². The Bertz CT molecular complexity index is 1130. The summed E-state index contributed by atoms with van der Waals surface area (Å²) in [6.45, 7) is 3.80. The molecule has 160 valence electrons. The number of quaternary nitrogens is 1. The number of hydrogen-bond acceptors (Lipinski definition) is 4. The van der Waals surface area contributed by atoms with Gasteiger partial charge in [0, 0.05) is 53.2 Å². The van der Waals surface area contributed by atoms with Crippen LogP contribution in [0.2, 0.25) is 0 Å². The van der Waals surface area contributed by atoms with Crippen LogP contribution >= 0.6 is 0 Å². The number of piperidine rings is 1. The van der Waals surface area contributed by atoms with Gasteiger partial charge in [0.25, 0.3) is 0 Å². The van der Waals surface area contributed by atoms with E-state index in [1.165, 1.54) is 4.90 Å². The van der Waals surface area contributed by atoms with E-state index in [0.29, 0.717) is 17.2 Å². The molecule has 7 nitrogen and oxygen atoms in total. The molecule has 0 radical (unpaired) electrons. The number of carbonyl (C=O) groups excluding carboxylic acids is 2. The zero-order valence-corrected chi connectivity index (χ0v) is 17.4. The van der Waals surface area contributed by atoms with Gasteiger partial charge in [-0.25, -0.2) is 0 Å². The van der Waals surface area contributed by atoms with E-state index in [2.05, 4.69) is 10.3 Å². The number of likely N-dealkylation sites (tertiary alicyclic amines) is 1. The highest BCUT2D eigenvalue weighted by molar-refractivity contribution is 6.09. The first-order valence-electron chi connectivity index (χ1n) is 10.8. The van der Waals surface area contributed by atoms with Gasteiger partial charge in [0.1, 0.15) is 6.04 Å². The first-order valence-corrected chi connectivity index (χ1v) is 10.8. The van der Waals surface area contributed by atoms with E-state index >= 15 is 0 Å². The van der Waals surface area contributed by atoms with E-state index in [0.717, 1.165) is 42.4 Å². The minimum atomic E-state index is -0.142. The van der Waals surface area contributed by atoms with Crippen LogP contribution in [0.5, 0.6) is 11.5 Å². The molecule has 2 aliphatic heterocycles. The molecule has 1 atom stereocenters. The van der Waals surface area contributed by atoms with Crippen molar-refractivity contribution >= 4 is 28.3 Å². The molecule has 1 aromatic heterocycles. The van der Waals surface area contributed by atoms with Crippen molar-refractivity contribution in [2.24, 2.45) is 5.92 Å². The predicted molar refractivity (Wildman–Crippen MR) is 117 cm³/mol. The fourth-order valence-corrected chi connectivity index (χ4v) is 4.60. The second-order valence-corrected chi connectivity index (χ2v) is 8.32. The Hall–Kier alpha value is -3.32. The summed E-state index contributed by atoms with van der Waals surface area (Å²) < 4.78 is 10.7. The van der Waals surface area contributed by atoms with Crippen molar-refractivity contribution in [3.63, 3.8) is 0 Å². The van der Waals surface area contributed by atoms with Gasteiger partial charge in [0.05, 0.1) is 13.1 Å². The van der Waals surface area contributed by atoms with Gasteiger partial charge in [-0.3, -0.25) is 9.59 Å². The number of fused-ring (bicyclic) bond motifs is 2. The molecule has 0 aliphatic carbocycles. The molecular weight excluding hydrogens is 394 g/mol. The van der Waals surface area contributed by atoms with E-state index < -0.39 is 0 Å². The lowest BCUT2D eigenvalue weighted by atomic mass is 9.93. The van der Waals surface area contributed by atoms with E-state index in [1.807, 2.05) is 49.5 Å². The Kier molecular flexibility index (Phi) is 5.11. The monoisotopic (exact) mass is 420 g/mol. The number of ketones is 1. The average Bonchev–Trinajstić information content (AvgIpc) is 3.45. The molecule has 0 unspecified atom stereocenters. The summed E-state index contributed by atoms with van der Waals surface area (Å²) in [5, 5.41) is 3.97. The lowest BCUT2D eigenvalue weighted by molar-refractivity contribution is -0.919. The van der Waals surface area contributed by atoms with Crippen LogP contribution in [-0.2, 0) is 4.79 Å². The zero-order valence-electron chi connectivity index (χ0n) is 17.4. The van der Waals surface area contributed by atoms with E-state index in [9.17, 15) is 9.59 Å². The van der Waals surface area contributed by atoms with Crippen LogP contribution in [0.3, 0.4) is 0 Å². The Labute approximate surface area is 180 Å². The lowest BCUT2D eigenvalue weighted by Gasteiger charge is -2.32. The maximum Gasteiger partial charge on any atom is 0.231 e. The third-order valence-corrected chi connectivity index (χ3v) is 6.50. The number of anilines is 1. The Morgan fingerprint density at radius 2 is 1.87 bits per heavy atom. The molecule has 1 amide bonds. The van der Waals surface area contributed by atoms with Crippen LogP contribution in [0.15, 0.2) is 48.7 Å². The van der Waals surface area contributed by atoms with Crippen molar-refractivity contribution in [2.75, 3.05) is 25.2 Å². The van der Waals surface area contributed by atoms with Crippen LogP contribution < -0.4 is 19.7 Å². The van der Waals surface area contributed by atoms with Gasteiger partial charge in [-0.05, 0) is 25.1 Å². The minimum absolute atomic E-state index is 0.0218. The normalized spacial score (nSPS) is 21.1. The van der Waals surface area contributed by atoms with Crippen molar-refractivity contribution in [3.8, 4) is 11.5 Å². The quantitative estimate of drug-likeness (QED) is 0.554. The molecule has 0 spiro atoms. The number of hydrogen-bond donors (Lipinski definition) is 3. The van der Waals surface area contributed by atoms with Crippen molar-refractivity contribution < 1.29 is 24.0 Å². The summed E-state index contributed by atoms with van der Waals surface area (Å²) in [5.74, 6) is 1.47. The van der Waals surface area contributed by atoms with Gasteiger partial charge < -0.3 is 24.7 Å². The maximum absolute atomic E-state index is 13.1. The van der Waals surface area contributed by atoms with Gasteiger partial charge in [0.15, 0.2) is 11.5 Å². The number of amides is 1. The number of ether oxygens (including phenoxy) is 2. The lowest BCUT2D eigenvalue weighted by Crippen LogP contribution is -3.17. The van der Waals surface area contributed by atoms with Gasteiger partial charge in [-0.2, -0.15) is 0 Å². The van der Waals surface area contributed by atoms with Crippen molar-refractivity contribution in [3.05, 3.63) is 54.2 Å². The number of nitrogens with one attached hydrogen (secondary N) is 3. The van der Waals surface area contributed by atoms with Crippen molar-refractivity contribution in [1.29, 1.82) is 0 Å². The predicted octanol–water partition coefficient (Wildman–Crippen LogP) is 2.40.